The van der Waals surface area contributed by atoms with Crippen LogP contribution in [0.4, 0.5) is 5.69 Å². The van der Waals surface area contributed by atoms with Gasteiger partial charge in [0.15, 0.2) is 0 Å². The zero-order valence-electron chi connectivity index (χ0n) is 10.5. The van der Waals surface area contributed by atoms with Gasteiger partial charge in [0.2, 0.25) is 0 Å². The molecule has 5 heteroatoms. The Kier molecular flexibility index (Phi) is 2.98. The average Bonchev–Trinajstić information content (AvgIpc) is 2.87. The van der Waals surface area contributed by atoms with Crippen molar-refractivity contribution < 1.29 is 0 Å². The highest BCUT2D eigenvalue weighted by Crippen LogP contribution is 2.23. The predicted octanol–water partition coefficient (Wildman–Crippen LogP) is 1.02. The summed E-state index contributed by atoms with van der Waals surface area (Å²) >= 11 is 0. The van der Waals surface area contributed by atoms with Gasteiger partial charge in [0.25, 0.3) is 0 Å². The van der Waals surface area contributed by atoms with E-state index < -0.39 is 0 Å². The van der Waals surface area contributed by atoms with Crippen LogP contribution in [0.3, 0.4) is 0 Å². The zero-order valence-corrected chi connectivity index (χ0v) is 10.5. The summed E-state index contributed by atoms with van der Waals surface area (Å²) in [7, 11) is 1.96. The van der Waals surface area contributed by atoms with Crippen molar-refractivity contribution in [3.63, 3.8) is 0 Å². The molecular formula is C13H17N5. The number of hydrogen-bond acceptors (Lipinski definition) is 4. The first-order valence-corrected chi connectivity index (χ1v) is 6.21. The lowest BCUT2D eigenvalue weighted by Crippen LogP contribution is -2.34. The van der Waals surface area contributed by atoms with Crippen LogP contribution in [0, 0.1) is 0 Å². The van der Waals surface area contributed by atoms with Crippen molar-refractivity contribution in [1.82, 2.24) is 19.9 Å². The Morgan fingerprint density at radius 1 is 1.33 bits per heavy atom. The Balaban J connectivity index is 1.88. The van der Waals surface area contributed by atoms with Crippen molar-refractivity contribution in [2.75, 3.05) is 18.5 Å². The zero-order chi connectivity index (χ0) is 12.4. The minimum Gasteiger partial charge on any atom is -0.362 e. The molecule has 1 aliphatic rings. The first-order chi connectivity index (χ1) is 8.88. The number of rotatable bonds is 3. The fraction of sp³-hybridized carbons (Fsp3) is 0.385. The van der Waals surface area contributed by atoms with Gasteiger partial charge in [-0.1, -0.05) is 0 Å². The second-order valence-electron chi connectivity index (χ2n) is 4.49. The van der Waals surface area contributed by atoms with Crippen LogP contribution in [-0.4, -0.2) is 28.1 Å². The molecule has 1 N–H and O–H groups in total. The molecule has 0 spiro atoms. The van der Waals surface area contributed by atoms with E-state index >= 15 is 0 Å². The van der Waals surface area contributed by atoms with E-state index in [4.69, 9.17) is 0 Å². The maximum absolute atomic E-state index is 4.40. The molecule has 0 fully saturated rings. The predicted molar refractivity (Wildman–Crippen MR) is 70.3 cm³/mol. The van der Waals surface area contributed by atoms with E-state index in [9.17, 15) is 0 Å². The quantitative estimate of drug-likeness (QED) is 0.874. The lowest BCUT2D eigenvalue weighted by atomic mass is 10.2. The van der Waals surface area contributed by atoms with Gasteiger partial charge in [0.05, 0.1) is 6.54 Å². The van der Waals surface area contributed by atoms with Crippen LogP contribution in [0.2, 0.25) is 0 Å². The molecule has 18 heavy (non-hydrogen) atoms. The molecule has 3 rings (SSSR count). The van der Waals surface area contributed by atoms with Crippen molar-refractivity contribution in [2.45, 2.75) is 19.6 Å². The molecule has 0 aromatic carbocycles. The van der Waals surface area contributed by atoms with E-state index in [1.165, 1.54) is 11.3 Å². The maximum atomic E-state index is 4.40. The summed E-state index contributed by atoms with van der Waals surface area (Å²) in [6, 6.07) is 2.09. The monoisotopic (exact) mass is 243 g/mol. The number of pyridine rings is 1. The topological polar surface area (TPSA) is 46.0 Å². The van der Waals surface area contributed by atoms with Gasteiger partial charge >= 0.3 is 0 Å². The van der Waals surface area contributed by atoms with E-state index in [2.05, 4.69) is 30.8 Å². The van der Waals surface area contributed by atoms with Gasteiger partial charge in [0, 0.05) is 55.7 Å². The lowest BCUT2D eigenvalue weighted by Gasteiger charge is -2.31. The molecule has 0 bridgehead atoms. The van der Waals surface area contributed by atoms with Gasteiger partial charge in [0.1, 0.15) is 5.82 Å². The van der Waals surface area contributed by atoms with Gasteiger partial charge in [-0.2, -0.15) is 0 Å². The highest BCUT2D eigenvalue weighted by Gasteiger charge is 2.18. The smallest absolute Gasteiger partial charge is 0.128 e. The van der Waals surface area contributed by atoms with E-state index in [-0.39, 0.29) is 0 Å². The second-order valence-corrected chi connectivity index (χ2v) is 4.49. The Hall–Kier alpha value is -1.88. The second kappa shape index (κ2) is 4.78. The van der Waals surface area contributed by atoms with Crippen LogP contribution in [-0.2, 0) is 19.6 Å². The number of aromatic nitrogens is 3. The molecule has 0 unspecified atom stereocenters. The van der Waals surface area contributed by atoms with Gasteiger partial charge in [-0.05, 0) is 13.1 Å². The summed E-state index contributed by atoms with van der Waals surface area (Å²) in [6.07, 6.45) is 7.72. The van der Waals surface area contributed by atoms with Crippen LogP contribution in [0.1, 0.15) is 11.4 Å². The molecule has 1 aliphatic heterocycles. The Labute approximate surface area is 106 Å². The first kappa shape index (κ1) is 11.2. The number of anilines is 1. The van der Waals surface area contributed by atoms with Crippen molar-refractivity contribution in [2.24, 2.45) is 0 Å². The summed E-state index contributed by atoms with van der Waals surface area (Å²) in [6.45, 7) is 3.72. The van der Waals surface area contributed by atoms with E-state index in [1.807, 2.05) is 31.8 Å². The highest BCUT2D eigenvalue weighted by molar-refractivity contribution is 5.52. The summed E-state index contributed by atoms with van der Waals surface area (Å²) < 4.78 is 2.22. The number of fused-ring (bicyclic) bond motifs is 1. The highest BCUT2D eigenvalue weighted by atomic mass is 15.2. The number of imidazole rings is 1. The molecule has 5 nitrogen and oxygen atoms in total. The van der Waals surface area contributed by atoms with Crippen molar-refractivity contribution in [3.8, 4) is 0 Å². The molecule has 3 heterocycles. The van der Waals surface area contributed by atoms with Crippen molar-refractivity contribution >= 4 is 5.69 Å². The SMILES string of the molecule is CNCc1cnccc1N1CCn2ccnc2C1. The molecule has 2 aromatic heterocycles. The molecule has 0 saturated carbocycles. The Morgan fingerprint density at radius 3 is 3.17 bits per heavy atom. The number of hydrogen-bond donors (Lipinski definition) is 1. The normalized spacial score (nSPS) is 14.6. The third-order valence-electron chi connectivity index (χ3n) is 3.33. The Bertz CT molecular complexity index is 534. The van der Waals surface area contributed by atoms with E-state index in [1.54, 1.807) is 0 Å². The van der Waals surface area contributed by atoms with Crippen molar-refractivity contribution in [1.29, 1.82) is 0 Å². The molecule has 0 radical (unpaired) electrons. The molecule has 2 aromatic rings. The largest absolute Gasteiger partial charge is 0.362 e. The number of nitrogens with zero attached hydrogens (tertiary/aromatic N) is 4. The third kappa shape index (κ3) is 1.97. The average molecular weight is 243 g/mol. The summed E-state index contributed by atoms with van der Waals surface area (Å²) in [4.78, 5) is 11.0. The fourth-order valence-corrected chi connectivity index (χ4v) is 2.43. The molecular weight excluding hydrogens is 226 g/mol. The van der Waals surface area contributed by atoms with Crippen LogP contribution < -0.4 is 10.2 Å². The number of nitrogens with one attached hydrogen (secondary N) is 1. The summed E-state index contributed by atoms with van der Waals surface area (Å²) in [5, 5.41) is 3.19. The summed E-state index contributed by atoms with van der Waals surface area (Å²) in [5.74, 6) is 1.13. The molecule has 0 saturated heterocycles. The van der Waals surface area contributed by atoms with E-state index in [0.29, 0.717) is 0 Å². The molecule has 0 atom stereocenters. The summed E-state index contributed by atoms with van der Waals surface area (Å²) in [5.41, 5.74) is 2.49. The minimum atomic E-state index is 0.841. The Morgan fingerprint density at radius 2 is 2.28 bits per heavy atom. The van der Waals surface area contributed by atoms with E-state index in [0.717, 1.165) is 32.0 Å². The molecule has 0 aliphatic carbocycles. The van der Waals surface area contributed by atoms with Crippen LogP contribution in [0.25, 0.3) is 0 Å². The third-order valence-corrected chi connectivity index (χ3v) is 3.33. The molecule has 94 valence electrons. The van der Waals surface area contributed by atoms with Gasteiger partial charge < -0.3 is 14.8 Å². The van der Waals surface area contributed by atoms with Crippen LogP contribution >= 0.6 is 0 Å². The van der Waals surface area contributed by atoms with Gasteiger partial charge in [-0.3, -0.25) is 4.98 Å². The maximum Gasteiger partial charge on any atom is 0.128 e. The van der Waals surface area contributed by atoms with Crippen molar-refractivity contribution in [3.05, 3.63) is 42.2 Å². The van der Waals surface area contributed by atoms with Gasteiger partial charge in [-0.25, -0.2) is 4.98 Å². The lowest BCUT2D eigenvalue weighted by molar-refractivity contribution is 0.558. The van der Waals surface area contributed by atoms with Crippen LogP contribution in [0.5, 0.6) is 0 Å². The van der Waals surface area contributed by atoms with Gasteiger partial charge in [-0.15, -0.1) is 0 Å². The minimum absolute atomic E-state index is 0.841. The fourth-order valence-electron chi connectivity index (χ4n) is 2.43. The first-order valence-electron chi connectivity index (χ1n) is 6.21. The van der Waals surface area contributed by atoms with Crippen LogP contribution in [0.15, 0.2) is 30.9 Å². The standard InChI is InChI=1S/C13H17N5/c1-14-8-11-9-15-3-2-12(11)18-7-6-17-5-4-16-13(17)10-18/h2-5,9,14H,6-8,10H2,1H3. The molecule has 0 amide bonds.